The number of benzene rings is 3. The molecule has 0 aliphatic carbocycles. The second-order valence-electron chi connectivity index (χ2n) is 7.23. The Balaban J connectivity index is 1.50. The van der Waals surface area contributed by atoms with E-state index in [0.717, 1.165) is 22.8 Å². The number of rotatable bonds is 4. The summed E-state index contributed by atoms with van der Waals surface area (Å²) in [6, 6.07) is 19.4. The number of nitrogens with zero attached hydrogens (tertiary/aromatic N) is 1. The van der Waals surface area contributed by atoms with Crippen LogP contribution in [0.2, 0.25) is 0 Å². The highest BCUT2D eigenvalue weighted by Crippen LogP contribution is 2.27. The fourth-order valence-electron chi connectivity index (χ4n) is 3.76. The lowest BCUT2D eigenvalue weighted by atomic mass is 9.99. The fourth-order valence-corrected chi connectivity index (χ4v) is 3.76. The Morgan fingerprint density at radius 2 is 1.62 bits per heavy atom. The maximum absolute atomic E-state index is 12.9. The summed E-state index contributed by atoms with van der Waals surface area (Å²) in [4.78, 5) is 27.4. The van der Waals surface area contributed by atoms with E-state index in [1.165, 1.54) is 12.7 Å². The maximum atomic E-state index is 12.9. The molecule has 5 nitrogen and oxygen atoms in total. The third-order valence-corrected chi connectivity index (χ3v) is 5.36. The monoisotopic (exact) mass is 389 g/mol. The Morgan fingerprint density at radius 3 is 2.34 bits per heavy atom. The number of amides is 1. The van der Waals surface area contributed by atoms with Gasteiger partial charge in [0.2, 0.25) is 0 Å². The molecular formula is C24H23NO4. The minimum absolute atomic E-state index is 0.187. The van der Waals surface area contributed by atoms with E-state index in [0.29, 0.717) is 24.4 Å². The molecule has 1 atom stereocenters. The van der Waals surface area contributed by atoms with Crippen molar-refractivity contribution in [2.75, 3.05) is 13.7 Å². The summed E-state index contributed by atoms with van der Waals surface area (Å²) in [6.45, 7) is 2.78. The zero-order valence-electron chi connectivity index (χ0n) is 16.6. The molecule has 0 spiro atoms. The first kappa shape index (κ1) is 19.0. The molecule has 1 aliphatic heterocycles. The van der Waals surface area contributed by atoms with Gasteiger partial charge in [-0.15, -0.1) is 0 Å². The van der Waals surface area contributed by atoms with Gasteiger partial charge >= 0.3 is 5.97 Å². The van der Waals surface area contributed by atoms with Gasteiger partial charge in [0, 0.05) is 13.1 Å². The predicted octanol–water partition coefficient (Wildman–Crippen LogP) is 3.98. The van der Waals surface area contributed by atoms with Crippen molar-refractivity contribution in [1.29, 1.82) is 0 Å². The first-order chi connectivity index (χ1) is 14.1. The van der Waals surface area contributed by atoms with Crippen molar-refractivity contribution in [2.45, 2.75) is 26.0 Å². The minimum atomic E-state index is -0.871. The average molecular weight is 389 g/mol. The summed E-state index contributed by atoms with van der Waals surface area (Å²) in [5.41, 5.74) is 2.72. The van der Waals surface area contributed by atoms with Crippen LogP contribution in [0.4, 0.5) is 0 Å². The number of fused-ring (bicyclic) bond motifs is 2. The predicted molar refractivity (Wildman–Crippen MR) is 111 cm³/mol. The second-order valence-corrected chi connectivity index (χ2v) is 7.23. The van der Waals surface area contributed by atoms with Crippen LogP contribution in [0.5, 0.6) is 5.75 Å². The molecule has 3 aromatic carbocycles. The van der Waals surface area contributed by atoms with Crippen LogP contribution < -0.4 is 4.74 Å². The second kappa shape index (κ2) is 7.95. The summed E-state index contributed by atoms with van der Waals surface area (Å²) >= 11 is 0. The van der Waals surface area contributed by atoms with Crippen molar-refractivity contribution in [3.63, 3.8) is 0 Å². The van der Waals surface area contributed by atoms with Gasteiger partial charge in [0.25, 0.3) is 5.91 Å². The van der Waals surface area contributed by atoms with Crippen molar-refractivity contribution < 1.29 is 19.1 Å². The molecule has 0 aromatic heterocycles. The number of esters is 1. The summed E-state index contributed by atoms with van der Waals surface area (Å²) in [7, 11) is 1.51. The number of methoxy groups -OCH3 is 1. The van der Waals surface area contributed by atoms with Gasteiger partial charge in [-0.3, -0.25) is 4.79 Å². The standard InChI is InChI=1S/C24H23NO4/c1-16(23(26)25-12-11-17-7-3-6-10-20(17)15-25)29-24(27)21-13-18-8-4-5-9-19(18)14-22(21)28-2/h3-10,13-14,16H,11-12,15H2,1-2H3/t16-/m1/s1. The van der Waals surface area contributed by atoms with E-state index in [1.807, 2.05) is 42.5 Å². The highest BCUT2D eigenvalue weighted by atomic mass is 16.5. The van der Waals surface area contributed by atoms with Gasteiger partial charge in [-0.25, -0.2) is 4.79 Å². The molecule has 4 rings (SSSR count). The van der Waals surface area contributed by atoms with Crippen LogP contribution in [0.25, 0.3) is 10.8 Å². The van der Waals surface area contributed by atoms with E-state index in [9.17, 15) is 9.59 Å². The smallest absolute Gasteiger partial charge is 0.342 e. The van der Waals surface area contributed by atoms with Gasteiger partial charge in [0.15, 0.2) is 6.10 Å². The summed E-state index contributed by atoms with van der Waals surface area (Å²) in [5.74, 6) is -0.321. The Kier molecular flexibility index (Phi) is 5.21. The van der Waals surface area contributed by atoms with Gasteiger partial charge in [-0.1, -0.05) is 48.5 Å². The Hall–Kier alpha value is -3.34. The molecule has 0 radical (unpaired) electrons. The molecule has 29 heavy (non-hydrogen) atoms. The lowest BCUT2D eigenvalue weighted by molar-refractivity contribution is -0.140. The first-order valence-corrected chi connectivity index (χ1v) is 9.70. The number of hydrogen-bond donors (Lipinski definition) is 0. The molecule has 0 bridgehead atoms. The lowest BCUT2D eigenvalue weighted by Gasteiger charge is -2.30. The van der Waals surface area contributed by atoms with Crippen molar-refractivity contribution in [3.8, 4) is 5.75 Å². The highest BCUT2D eigenvalue weighted by molar-refractivity contribution is 5.99. The molecule has 1 amide bonds. The Bertz CT molecular complexity index is 1080. The third-order valence-electron chi connectivity index (χ3n) is 5.36. The molecule has 1 aliphatic rings. The van der Waals surface area contributed by atoms with Gasteiger partial charge in [0.05, 0.1) is 7.11 Å². The van der Waals surface area contributed by atoms with E-state index >= 15 is 0 Å². The SMILES string of the molecule is COc1cc2ccccc2cc1C(=O)O[C@H](C)C(=O)N1CCc2ccccc2C1. The maximum Gasteiger partial charge on any atom is 0.342 e. The number of hydrogen-bond acceptors (Lipinski definition) is 4. The molecule has 1 heterocycles. The van der Waals surface area contributed by atoms with Gasteiger partial charge in [-0.2, -0.15) is 0 Å². The van der Waals surface area contributed by atoms with Gasteiger partial charge < -0.3 is 14.4 Å². The quantitative estimate of drug-likeness (QED) is 0.634. The molecule has 0 N–H and O–H groups in total. The van der Waals surface area contributed by atoms with Crippen LogP contribution >= 0.6 is 0 Å². The third kappa shape index (κ3) is 3.81. The lowest BCUT2D eigenvalue weighted by Crippen LogP contribution is -2.42. The molecule has 0 saturated carbocycles. The summed E-state index contributed by atoms with van der Waals surface area (Å²) in [5, 5.41) is 1.88. The van der Waals surface area contributed by atoms with Crippen molar-refractivity contribution >= 4 is 22.6 Å². The zero-order valence-corrected chi connectivity index (χ0v) is 16.6. The number of carbonyl (C=O) groups excluding carboxylic acids is 2. The summed E-state index contributed by atoms with van der Waals surface area (Å²) < 4.78 is 10.9. The molecule has 5 heteroatoms. The molecule has 3 aromatic rings. The van der Waals surface area contributed by atoms with E-state index in [1.54, 1.807) is 24.0 Å². The van der Waals surface area contributed by atoms with E-state index in [2.05, 4.69) is 6.07 Å². The van der Waals surface area contributed by atoms with Crippen LogP contribution in [0.1, 0.15) is 28.4 Å². The highest BCUT2D eigenvalue weighted by Gasteiger charge is 2.28. The van der Waals surface area contributed by atoms with Crippen LogP contribution in [0.15, 0.2) is 60.7 Å². The molecule has 0 unspecified atom stereocenters. The van der Waals surface area contributed by atoms with E-state index < -0.39 is 12.1 Å². The van der Waals surface area contributed by atoms with Crippen molar-refractivity contribution in [3.05, 3.63) is 77.4 Å². The van der Waals surface area contributed by atoms with Gasteiger partial charge in [0.1, 0.15) is 11.3 Å². The Morgan fingerprint density at radius 1 is 0.966 bits per heavy atom. The van der Waals surface area contributed by atoms with Crippen LogP contribution in [0, 0.1) is 0 Å². The molecule has 0 fully saturated rings. The normalized spacial score (nSPS) is 14.2. The van der Waals surface area contributed by atoms with Crippen molar-refractivity contribution in [2.24, 2.45) is 0 Å². The number of carbonyl (C=O) groups is 2. The fraction of sp³-hybridized carbons (Fsp3) is 0.250. The van der Waals surface area contributed by atoms with Crippen LogP contribution in [-0.2, 0) is 22.5 Å². The molecule has 148 valence electrons. The van der Waals surface area contributed by atoms with Crippen LogP contribution in [-0.4, -0.2) is 36.5 Å². The van der Waals surface area contributed by atoms with Crippen LogP contribution in [0.3, 0.4) is 0 Å². The van der Waals surface area contributed by atoms with E-state index in [-0.39, 0.29) is 5.91 Å². The average Bonchev–Trinajstić information content (AvgIpc) is 2.77. The summed E-state index contributed by atoms with van der Waals surface area (Å²) in [6.07, 6.45) is -0.0647. The minimum Gasteiger partial charge on any atom is -0.496 e. The first-order valence-electron chi connectivity index (χ1n) is 9.70. The topological polar surface area (TPSA) is 55.8 Å². The molecule has 0 saturated heterocycles. The van der Waals surface area contributed by atoms with Crippen molar-refractivity contribution in [1.82, 2.24) is 4.90 Å². The zero-order chi connectivity index (χ0) is 20.4. The Labute approximate surface area is 169 Å². The molecular weight excluding hydrogens is 366 g/mol. The van der Waals surface area contributed by atoms with E-state index in [4.69, 9.17) is 9.47 Å². The largest absolute Gasteiger partial charge is 0.496 e. The number of ether oxygens (including phenoxy) is 2. The van der Waals surface area contributed by atoms with Gasteiger partial charge in [-0.05, 0) is 47.4 Å².